The van der Waals surface area contributed by atoms with E-state index in [0.717, 1.165) is 11.1 Å². The van der Waals surface area contributed by atoms with Gasteiger partial charge in [0.15, 0.2) is 11.5 Å². The number of carbonyl (C=O) groups is 2. The van der Waals surface area contributed by atoms with Crippen LogP contribution in [0.5, 0.6) is 11.5 Å². The summed E-state index contributed by atoms with van der Waals surface area (Å²) in [5, 5.41) is 12.0. The van der Waals surface area contributed by atoms with E-state index >= 15 is 0 Å². The molecule has 1 unspecified atom stereocenters. The first-order valence-corrected chi connectivity index (χ1v) is 12.3. The predicted octanol–water partition coefficient (Wildman–Crippen LogP) is 6.59. The van der Waals surface area contributed by atoms with Gasteiger partial charge in [-0.05, 0) is 65.4 Å². The molecular weight excluding hydrogens is 490 g/mol. The Morgan fingerprint density at radius 2 is 1.57 bits per heavy atom. The number of aryl methyl sites for hydroxylation is 1. The maximum Gasteiger partial charge on any atom is 0.300 e. The monoisotopic (exact) mass is 519 g/mol. The van der Waals surface area contributed by atoms with E-state index in [1.165, 1.54) is 19.1 Å². The normalized spacial score (nSPS) is 17.3. The van der Waals surface area contributed by atoms with E-state index in [2.05, 4.69) is 20.8 Å². The fourth-order valence-electron chi connectivity index (χ4n) is 4.59. The number of aliphatic hydroxyl groups is 1. The SMILES string of the molecule is COc1ccc(/C(O)=C2\C(=O)C(=O)N(c3ccc(Cl)cc3C)C2c2ccc(C(C)(C)C)cc2)cc1OC. The van der Waals surface area contributed by atoms with Crippen molar-refractivity contribution in [3.8, 4) is 11.5 Å². The van der Waals surface area contributed by atoms with E-state index in [1.807, 2.05) is 31.2 Å². The van der Waals surface area contributed by atoms with Gasteiger partial charge in [0.1, 0.15) is 5.76 Å². The average molecular weight is 520 g/mol. The van der Waals surface area contributed by atoms with Gasteiger partial charge < -0.3 is 14.6 Å². The van der Waals surface area contributed by atoms with Crippen LogP contribution in [0, 0.1) is 6.92 Å². The number of halogens is 1. The number of methoxy groups -OCH3 is 2. The molecule has 1 amide bonds. The van der Waals surface area contributed by atoms with E-state index in [1.54, 1.807) is 36.4 Å². The van der Waals surface area contributed by atoms with Gasteiger partial charge in [-0.3, -0.25) is 14.5 Å². The second kappa shape index (κ2) is 9.94. The molecule has 3 aromatic rings. The zero-order valence-electron chi connectivity index (χ0n) is 21.8. The third-order valence-electron chi connectivity index (χ3n) is 6.61. The summed E-state index contributed by atoms with van der Waals surface area (Å²) in [6.45, 7) is 8.17. The Morgan fingerprint density at radius 3 is 2.14 bits per heavy atom. The van der Waals surface area contributed by atoms with Crippen molar-refractivity contribution in [1.29, 1.82) is 0 Å². The third-order valence-corrected chi connectivity index (χ3v) is 6.85. The Hall–Kier alpha value is -3.77. The number of benzene rings is 3. The van der Waals surface area contributed by atoms with Crippen molar-refractivity contribution >= 4 is 34.7 Å². The van der Waals surface area contributed by atoms with Crippen LogP contribution in [0.2, 0.25) is 5.02 Å². The first-order valence-electron chi connectivity index (χ1n) is 11.9. The van der Waals surface area contributed by atoms with Crippen molar-refractivity contribution in [2.45, 2.75) is 39.2 Å². The Bertz CT molecular complexity index is 1400. The maximum absolute atomic E-state index is 13.5. The maximum atomic E-state index is 13.5. The summed E-state index contributed by atoms with van der Waals surface area (Å²) in [5.41, 5.74) is 3.33. The van der Waals surface area contributed by atoms with E-state index < -0.39 is 17.7 Å². The van der Waals surface area contributed by atoms with Gasteiger partial charge >= 0.3 is 0 Å². The number of amides is 1. The molecule has 0 saturated carbocycles. The third kappa shape index (κ3) is 4.81. The number of nitrogens with zero attached hydrogens (tertiary/aromatic N) is 1. The summed E-state index contributed by atoms with van der Waals surface area (Å²) >= 11 is 6.17. The minimum absolute atomic E-state index is 0.00456. The van der Waals surface area contributed by atoms with E-state index in [4.69, 9.17) is 21.1 Å². The van der Waals surface area contributed by atoms with Gasteiger partial charge in [0.05, 0.1) is 25.8 Å². The highest BCUT2D eigenvalue weighted by Gasteiger charge is 2.47. The quantitative estimate of drug-likeness (QED) is 0.234. The molecule has 37 heavy (non-hydrogen) atoms. The Balaban J connectivity index is 1.95. The number of Topliss-reactive ketones (excluding diaryl/α,β-unsaturated/α-hetero) is 1. The van der Waals surface area contributed by atoms with Crippen LogP contribution in [-0.2, 0) is 15.0 Å². The lowest BCUT2D eigenvalue weighted by Crippen LogP contribution is -2.30. The summed E-state index contributed by atoms with van der Waals surface area (Å²) < 4.78 is 10.7. The molecule has 1 saturated heterocycles. The first-order chi connectivity index (χ1) is 17.5. The van der Waals surface area contributed by atoms with Crippen LogP contribution in [0.3, 0.4) is 0 Å². The van der Waals surface area contributed by atoms with Crippen LogP contribution in [0.25, 0.3) is 5.76 Å². The molecule has 0 spiro atoms. The van der Waals surface area contributed by atoms with Gasteiger partial charge in [-0.25, -0.2) is 0 Å². The van der Waals surface area contributed by atoms with Crippen molar-refractivity contribution in [1.82, 2.24) is 0 Å². The fourth-order valence-corrected chi connectivity index (χ4v) is 4.82. The van der Waals surface area contributed by atoms with Crippen molar-refractivity contribution < 1.29 is 24.2 Å². The number of hydrogen-bond donors (Lipinski definition) is 1. The number of hydrogen-bond acceptors (Lipinski definition) is 5. The van der Waals surface area contributed by atoms with Crippen LogP contribution in [0.15, 0.2) is 66.2 Å². The molecule has 1 atom stereocenters. The molecule has 7 heteroatoms. The van der Waals surface area contributed by atoms with Crippen LogP contribution < -0.4 is 14.4 Å². The molecule has 6 nitrogen and oxygen atoms in total. The lowest BCUT2D eigenvalue weighted by Gasteiger charge is -2.28. The number of anilines is 1. The second-order valence-electron chi connectivity index (χ2n) is 10.0. The Morgan fingerprint density at radius 1 is 0.919 bits per heavy atom. The van der Waals surface area contributed by atoms with Crippen LogP contribution in [-0.4, -0.2) is 31.0 Å². The topological polar surface area (TPSA) is 76.1 Å². The Labute approximate surface area is 222 Å². The lowest BCUT2D eigenvalue weighted by atomic mass is 9.85. The second-order valence-corrected chi connectivity index (χ2v) is 10.5. The molecule has 0 aromatic heterocycles. The predicted molar refractivity (Wildman–Crippen MR) is 146 cm³/mol. The molecule has 1 aliphatic rings. The number of carbonyl (C=O) groups excluding carboxylic acids is 2. The number of ether oxygens (including phenoxy) is 2. The smallest absolute Gasteiger partial charge is 0.300 e. The van der Waals surface area contributed by atoms with Crippen LogP contribution in [0.1, 0.15) is 49.1 Å². The van der Waals surface area contributed by atoms with Gasteiger partial charge in [0.25, 0.3) is 11.7 Å². The van der Waals surface area contributed by atoms with E-state index in [0.29, 0.717) is 33.3 Å². The molecule has 0 aliphatic carbocycles. The highest BCUT2D eigenvalue weighted by Crippen LogP contribution is 2.44. The van der Waals surface area contributed by atoms with Crippen LogP contribution in [0.4, 0.5) is 5.69 Å². The fraction of sp³-hybridized carbons (Fsp3) is 0.267. The summed E-state index contributed by atoms with van der Waals surface area (Å²) in [7, 11) is 3.00. The number of rotatable bonds is 5. The zero-order valence-corrected chi connectivity index (χ0v) is 22.5. The number of aliphatic hydroxyl groups excluding tert-OH is 1. The van der Waals surface area contributed by atoms with Crippen LogP contribution >= 0.6 is 11.6 Å². The standard InChI is InChI=1S/C30H30ClNO5/c1-17-15-21(31)12-13-22(17)32-26(18-7-10-20(11-8-18)30(2,3)4)25(28(34)29(32)35)27(33)19-9-14-23(36-5)24(16-19)37-6/h7-16,26,33H,1-6H3/b27-25+. The van der Waals surface area contributed by atoms with Gasteiger partial charge in [-0.2, -0.15) is 0 Å². The van der Waals surface area contributed by atoms with E-state index in [-0.39, 0.29) is 16.7 Å². The molecule has 1 heterocycles. The van der Waals surface area contributed by atoms with Gasteiger partial charge in [0, 0.05) is 16.3 Å². The molecule has 192 valence electrons. The van der Waals surface area contributed by atoms with Gasteiger partial charge in [-0.1, -0.05) is 56.6 Å². The van der Waals surface area contributed by atoms with Gasteiger partial charge in [0.2, 0.25) is 0 Å². The first kappa shape index (κ1) is 26.3. The van der Waals surface area contributed by atoms with Gasteiger partial charge in [-0.15, -0.1) is 0 Å². The molecule has 1 N–H and O–H groups in total. The molecule has 4 rings (SSSR count). The molecule has 1 aliphatic heterocycles. The molecule has 0 radical (unpaired) electrons. The minimum Gasteiger partial charge on any atom is -0.507 e. The highest BCUT2D eigenvalue weighted by molar-refractivity contribution is 6.51. The lowest BCUT2D eigenvalue weighted by molar-refractivity contribution is -0.132. The zero-order chi connectivity index (χ0) is 27.1. The largest absolute Gasteiger partial charge is 0.507 e. The van der Waals surface area contributed by atoms with Crippen molar-refractivity contribution in [3.63, 3.8) is 0 Å². The molecule has 1 fully saturated rings. The Kier molecular flexibility index (Phi) is 7.07. The average Bonchev–Trinajstić information content (AvgIpc) is 3.13. The summed E-state index contributed by atoms with van der Waals surface area (Å²) in [6.07, 6.45) is 0. The molecular formula is C30H30ClNO5. The minimum atomic E-state index is -0.845. The number of ketones is 1. The summed E-state index contributed by atoms with van der Waals surface area (Å²) in [6, 6.07) is 16.9. The molecule has 0 bridgehead atoms. The van der Waals surface area contributed by atoms with E-state index in [9.17, 15) is 14.7 Å². The summed E-state index contributed by atoms with van der Waals surface area (Å²) in [5.74, 6) is -0.923. The molecule has 3 aromatic carbocycles. The van der Waals surface area contributed by atoms with Crippen molar-refractivity contribution in [2.24, 2.45) is 0 Å². The summed E-state index contributed by atoms with van der Waals surface area (Å²) in [4.78, 5) is 28.4. The van der Waals surface area contributed by atoms with Crippen molar-refractivity contribution in [3.05, 3.63) is 93.5 Å². The van der Waals surface area contributed by atoms with Crippen molar-refractivity contribution in [2.75, 3.05) is 19.1 Å². The highest BCUT2D eigenvalue weighted by atomic mass is 35.5.